The number of rotatable bonds is 10. The van der Waals surface area contributed by atoms with E-state index in [0.717, 1.165) is 0 Å². The van der Waals surface area contributed by atoms with Crippen LogP contribution in [0.15, 0.2) is 0 Å². The number of carbonyl (C=O) groups is 4. The van der Waals surface area contributed by atoms with Crippen LogP contribution in [0, 0.1) is 17.8 Å². The Kier molecular flexibility index (Phi) is 8.60. The number of aliphatic carboxylic acids is 1. The molecule has 0 aromatic rings. The minimum absolute atomic E-state index is 0.102. The normalized spacial score (nSPS) is 13.8. The van der Waals surface area contributed by atoms with Crippen molar-refractivity contribution in [1.82, 2.24) is 0 Å². The van der Waals surface area contributed by atoms with E-state index in [9.17, 15) is 19.2 Å². The first-order chi connectivity index (χ1) is 10.0. The summed E-state index contributed by atoms with van der Waals surface area (Å²) in [6.45, 7) is 9.40. The Morgan fingerprint density at radius 1 is 0.909 bits per heavy atom. The Labute approximate surface area is 131 Å². The van der Waals surface area contributed by atoms with E-state index >= 15 is 0 Å². The van der Waals surface area contributed by atoms with Crippen LogP contribution in [0.4, 0.5) is 0 Å². The van der Waals surface area contributed by atoms with Crippen LogP contribution >= 0.6 is 0 Å². The first-order valence-corrected chi connectivity index (χ1v) is 7.54. The molecule has 0 saturated heterocycles. The zero-order valence-corrected chi connectivity index (χ0v) is 13.9. The van der Waals surface area contributed by atoms with Crippen molar-refractivity contribution in [2.45, 2.75) is 60.0 Å². The molecule has 0 aliphatic carbocycles. The number of ketones is 2. The maximum atomic E-state index is 11.8. The fourth-order valence-electron chi connectivity index (χ4n) is 2.00. The average molecular weight is 314 g/mol. The number of esters is 1. The van der Waals surface area contributed by atoms with Gasteiger partial charge in [0.15, 0.2) is 0 Å². The molecule has 0 heterocycles. The van der Waals surface area contributed by atoms with Gasteiger partial charge in [0.2, 0.25) is 11.6 Å². The molecule has 2 unspecified atom stereocenters. The lowest BCUT2D eigenvalue weighted by molar-refractivity contribution is -0.160. The zero-order chi connectivity index (χ0) is 17.4. The third kappa shape index (κ3) is 7.90. The van der Waals surface area contributed by atoms with Gasteiger partial charge in [-0.15, -0.1) is 0 Å². The summed E-state index contributed by atoms with van der Waals surface area (Å²) in [6.07, 6.45) is -0.116. The van der Waals surface area contributed by atoms with Crippen LogP contribution in [-0.2, 0) is 23.9 Å². The van der Waals surface area contributed by atoms with E-state index in [4.69, 9.17) is 9.84 Å². The van der Waals surface area contributed by atoms with E-state index in [0.29, 0.717) is 12.3 Å². The molecule has 0 spiro atoms. The zero-order valence-electron chi connectivity index (χ0n) is 13.9. The van der Waals surface area contributed by atoms with Crippen LogP contribution in [0.25, 0.3) is 0 Å². The van der Waals surface area contributed by atoms with E-state index < -0.39 is 29.4 Å². The average Bonchev–Trinajstić information content (AvgIpc) is 2.36. The van der Waals surface area contributed by atoms with Crippen molar-refractivity contribution >= 4 is 23.5 Å². The standard InChI is InChI=1S/C16H26O6/c1-9(2)6-14(10(3)4)22-16(21)13(18)8-11(5)7-12(17)15(19)20/h9-11,14H,6-8H2,1-5H3,(H,19,20). The molecule has 6 heteroatoms. The Morgan fingerprint density at radius 2 is 1.41 bits per heavy atom. The molecule has 22 heavy (non-hydrogen) atoms. The van der Waals surface area contributed by atoms with Crippen LogP contribution in [0.1, 0.15) is 53.9 Å². The van der Waals surface area contributed by atoms with E-state index in [-0.39, 0.29) is 24.9 Å². The summed E-state index contributed by atoms with van der Waals surface area (Å²) < 4.78 is 5.25. The molecule has 0 amide bonds. The molecule has 1 N–H and O–H groups in total. The molecular formula is C16H26O6. The first-order valence-electron chi connectivity index (χ1n) is 7.54. The van der Waals surface area contributed by atoms with Gasteiger partial charge in [-0.05, 0) is 24.2 Å². The first kappa shape index (κ1) is 20.3. The van der Waals surface area contributed by atoms with Crippen molar-refractivity contribution in [3.63, 3.8) is 0 Å². The van der Waals surface area contributed by atoms with Crippen molar-refractivity contribution in [2.75, 3.05) is 0 Å². The van der Waals surface area contributed by atoms with Gasteiger partial charge in [-0.1, -0.05) is 34.6 Å². The van der Waals surface area contributed by atoms with Gasteiger partial charge < -0.3 is 9.84 Å². The van der Waals surface area contributed by atoms with Crippen LogP contribution in [0.2, 0.25) is 0 Å². The SMILES string of the molecule is CC(C)CC(OC(=O)C(=O)CC(C)CC(=O)C(=O)O)C(C)C. The lowest BCUT2D eigenvalue weighted by Crippen LogP contribution is -2.30. The van der Waals surface area contributed by atoms with Gasteiger partial charge in [0.05, 0.1) is 0 Å². The molecule has 0 aliphatic rings. The monoisotopic (exact) mass is 314 g/mol. The highest BCUT2D eigenvalue weighted by atomic mass is 16.5. The van der Waals surface area contributed by atoms with Crippen LogP contribution in [0.3, 0.4) is 0 Å². The van der Waals surface area contributed by atoms with Crippen LogP contribution < -0.4 is 0 Å². The van der Waals surface area contributed by atoms with E-state index in [1.54, 1.807) is 6.92 Å². The van der Waals surface area contributed by atoms with Gasteiger partial charge >= 0.3 is 11.9 Å². The second kappa shape index (κ2) is 9.33. The van der Waals surface area contributed by atoms with Gasteiger partial charge in [0.25, 0.3) is 0 Å². The largest absolute Gasteiger partial charge is 0.476 e. The molecule has 0 aliphatic heterocycles. The fourth-order valence-corrected chi connectivity index (χ4v) is 2.00. The van der Waals surface area contributed by atoms with E-state index in [2.05, 4.69) is 0 Å². The van der Waals surface area contributed by atoms with Gasteiger partial charge in [-0.25, -0.2) is 9.59 Å². The molecule has 0 aromatic carbocycles. The molecule has 0 saturated carbocycles. The molecule has 0 bridgehead atoms. The quantitative estimate of drug-likeness (QED) is 0.490. The predicted octanol–water partition coefficient (Wildman–Crippen LogP) is 2.24. The number of carboxylic acid groups (broad SMARTS) is 1. The Morgan fingerprint density at radius 3 is 1.82 bits per heavy atom. The molecule has 0 fully saturated rings. The predicted molar refractivity (Wildman–Crippen MR) is 80.2 cm³/mol. The van der Waals surface area contributed by atoms with Gasteiger partial charge in [-0.3, -0.25) is 9.59 Å². The number of hydrogen-bond acceptors (Lipinski definition) is 5. The lowest BCUT2D eigenvalue weighted by Gasteiger charge is -2.23. The van der Waals surface area contributed by atoms with Crippen molar-refractivity contribution in [2.24, 2.45) is 17.8 Å². The minimum Gasteiger partial charge on any atom is -0.476 e. The van der Waals surface area contributed by atoms with Crippen LogP contribution in [0.5, 0.6) is 0 Å². The highest BCUT2D eigenvalue weighted by molar-refractivity contribution is 6.34. The molecule has 2 atom stereocenters. The third-order valence-corrected chi connectivity index (χ3v) is 3.24. The Bertz CT molecular complexity index is 424. The molecule has 0 rings (SSSR count). The topological polar surface area (TPSA) is 97.7 Å². The summed E-state index contributed by atoms with van der Waals surface area (Å²) in [4.78, 5) is 45.2. The molecule has 6 nitrogen and oxygen atoms in total. The summed E-state index contributed by atoms with van der Waals surface area (Å²) in [5.74, 6) is -4.19. The highest BCUT2D eigenvalue weighted by Gasteiger charge is 2.26. The summed E-state index contributed by atoms with van der Waals surface area (Å²) in [6, 6.07) is 0. The fraction of sp³-hybridized carbons (Fsp3) is 0.750. The van der Waals surface area contributed by atoms with Crippen molar-refractivity contribution in [3.8, 4) is 0 Å². The van der Waals surface area contributed by atoms with Crippen molar-refractivity contribution < 1.29 is 29.0 Å². The summed E-state index contributed by atoms with van der Waals surface area (Å²) in [7, 11) is 0. The third-order valence-electron chi connectivity index (χ3n) is 3.24. The molecular weight excluding hydrogens is 288 g/mol. The second-order valence-electron chi connectivity index (χ2n) is 6.48. The van der Waals surface area contributed by atoms with E-state index in [1.807, 2.05) is 27.7 Å². The maximum absolute atomic E-state index is 11.8. The number of ether oxygens (including phenoxy) is 1. The van der Waals surface area contributed by atoms with Gasteiger partial charge in [-0.2, -0.15) is 0 Å². The minimum atomic E-state index is -1.53. The number of carbonyl (C=O) groups excluding carboxylic acids is 3. The maximum Gasteiger partial charge on any atom is 0.374 e. The van der Waals surface area contributed by atoms with Crippen LogP contribution in [-0.4, -0.2) is 34.7 Å². The second-order valence-corrected chi connectivity index (χ2v) is 6.48. The highest BCUT2D eigenvalue weighted by Crippen LogP contribution is 2.18. The molecule has 126 valence electrons. The number of hydrogen-bond donors (Lipinski definition) is 1. The molecule has 0 radical (unpaired) electrons. The van der Waals surface area contributed by atoms with Crippen molar-refractivity contribution in [3.05, 3.63) is 0 Å². The molecule has 0 aromatic heterocycles. The number of Topliss-reactive ketones (excluding diaryl/α,β-unsaturated/α-hetero) is 2. The summed E-state index contributed by atoms with van der Waals surface area (Å²) >= 11 is 0. The van der Waals surface area contributed by atoms with Gasteiger partial charge in [0, 0.05) is 12.8 Å². The Balaban J connectivity index is 4.49. The lowest BCUT2D eigenvalue weighted by atomic mass is 9.96. The Hall–Kier alpha value is -1.72. The van der Waals surface area contributed by atoms with Crippen molar-refractivity contribution in [1.29, 1.82) is 0 Å². The van der Waals surface area contributed by atoms with Gasteiger partial charge in [0.1, 0.15) is 6.10 Å². The summed E-state index contributed by atoms with van der Waals surface area (Å²) in [5, 5.41) is 8.51. The summed E-state index contributed by atoms with van der Waals surface area (Å²) in [5.41, 5.74) is 0. The smallest absolute Gasteiger partial charge is 0.374 e. The number of carboxylic acids is 1. The van der Waals surface area contributed by atoms with E-state index in [1.165, 1.54) is 0 Å².